The second kappa shape index (κ2) is 13.4. The normalized spacial score (nSPS) is 15.9. The molecule has 0 radical (unpaired) electrons. The smallest absolute Gasteiger partial charge is 0.320 e. The molecule has 10 nitrogen and oxygen atoms in total. The van der Waals surface area contributed by atoms with Crippen molar-refractivity contribution >= 4 is 11.9 Å². The van der Waals surface area contributed by atoms with Gasteiger partial charge in [-0.05, 0) is 25.7 Å². The van der Waals surface area contributed by atoms with Gasteiger partial charge in [0.1, 0.15) is 12.1 Å². The first-order chi connectivity index (χ1) is 10.1. The molecule has 0 aliphatic carbocycles. The quantitative estimate of drug-likeness (QED) is 0.203. The van der Waals surface area contributed by atoms with Gasteiger partial charge in [-0.25, -0.2) is 0 Å². The van der Waals surface area contributed by atoms with Crippen molar-refractivity contribution in [1.29, 1.82) is 0 Å². The van der Waals surface area contributed by atoms with Crippen molar-refractivity contribution in [3.05, 3.63) is 0 Å². The van der Waals surface area contributed by atoms with Crippen LogP contribution in [0.4, 0.5) is 0 Å². The van der Waals surface area contributed by atoms with Crippen molar-refractivity contribution in [2.45, 2.75) is 50.0 Å². The zero-order valence-corrected chi connectivity index (χ0v) is 12.5. The van der Waals surface area contributed by atoms with Crippen LogP contribution in [0.5, 0.6) is 0 Å². The van der Waals surface area contributed by atoms with Crippen LogP contribution in [0.2, 0.25) is 0 Å². The molecular formula is C12H28N4O6. The van der Waals surface area contributed by atoms with Gasteiger partial charge in [-0.1, -0.05) is 0 Å². The van der Waals surface area contributed by atoms with E-state index in [0.717, 1.165) is 0 Å². The number of carboxylic acid groups (broad SMARTS) is 2. The summed E-state index contributed by atoms with van der Waals surface area (Å²) in [6.07, 6.45) is -0.0872. The molecule has 0 saturated carbocycles. The third-order valence-corrected chi connectivity index (χ3v) is 2.80. The number of carboxylic acids is 2. The Morgan fingerprint density at radius 3 is 1.18 bits per heavy atom. The molecule has 0 amide bonds. The lowest BCUT2D eigenvalue weighted by Gasteiger charge is -2.09. The van der Waals surface area contributed by atoms with E-state index in [1.807, 2.05) is 0 Å². The molecule has 4 atom stereocenters. The number of rotatable bonds is 10. The largest absolute Gasteiger partial charge is 0.480 e. The molecule has 0 fully saturated rings. The maximum absolute atomic E-state index is 10.2. The molecule has 0 aromatic rings. The van der Waals surface area contributed by atoms with E-state index in [9.17, 15) is 9.59 Å². The first-order valence-corrected chi connectivity index (χ1v) is 6.88. The third-order valence-electron chi connectivity index (χ3n) is 2.80. The predicted molar refractivity (Wildman–Crippen MR) is 79.8 cm³/mol. The summed E-state index contributed by atoms with van der Waals surface area (Å²) in [4.78, 5) is 20.3. The number of hydrogen-bond donors (Lipinski definition) is 8. The molecule has 0 spiro atoms. The van der Waals surface area contributed by atoms with Gasteiger partial charge in [-0.15, -0.1) is 0 Å². The lowest BCUT2D eigenvalue weighted by Crippen LogP contribution is -2.32. The molecule has 0 rings (SSSR count). The van der Waals surface area contributed by atoms with Gasteiger partial charge in [0.15, 0.2) is 0 Å². The standard InChI is InChI=1S/2C6H14N2O3/c2*7-3-4(9)1-2-5(8)6(10)11/h2*4-5,9H,1-3,7-8H2,(H,10,11)/t4-,5+;/m1./s1. The van der Waals surface area contributed by atoms with E-state index < -0.39 is 36.2 Å². The highest BCUT2D eigenvalue weighted by Gasteiger charge is 2.13. The van der Waals surface area contributed by atoms with Crippen LogP contribution in [-0.2, 0) is 9.59 Å². The number of aliphatic carboxylic acids is 2. The first kappa shape index (κ1) is 23.0. The minimum Gasteiger partial charge on any atom is -0.480 e. The first-order valence-electron chi connectivity index (χ1n) is 6.88. The lowest BCUT2D eigenvalue weighted by atomic mass is 10.1. The van der Waals surface area contributed by atoms with Gasteiger partial charge in [0.05, 0.1) is 12.2 Å². The van der Waals surface area contributed by atoms with E-state index in [2.05, 4.69) is 0 Å². The van der Waals surface area contributed by atoms with Crippen molar-refractivity contribution in [1.82, 2.24) is 0 Å². The monoisotopic (exact) mass is 324 g/mol. The third kappa shape index (κ3) is 13.7. The van der Waals surface area contributed by atoms with E-state index >= 15 is 0 Å². The summed E-state index contributed by atoms with van der Waals surface area (Å²) < 4.78 is 0. The zero-order valence-electron chi connectivity index (χ0n) is 12.5. The fourth-order valence-corrected chi connectivity index (χ4v) is 1.23. The Bertz CT molecular complexity index is 288. The van der Waals surface area contributed by atoms with Gasteiger partial charge < -0.3 is 43.4 Å². The molecule has 0 heterocycles. The Labute approximate surface area is 129 Å². The van der Waals surface area contributed by atoms with Crippen LogP contribution in [0, 0.1) is 0 Å². The van der Waals surface area contributed by atoms with Gasteiger partial charge in [-0.2, -0.15) is 0 Å². The Morgan fingerprint density at radius 2 is 1.00 bits per heavy atom. The maximum atomic E-state index is 10.2. The Hall–Kier alpha value is -1.30. The van der Waals surface area contributed by atoms with Crippen LogP contribution >= 0.6 is 0 Å². The molecule has 0 aromatic heterocycles. The maximum Gasteiger partial charge on any atom is 0.320 e. The van der Waals surface area contributed by atoms with Crippen LogP contribution < -0.4 is 22.9 Å². The Kier molecular flexibility index (Phi) is 14.0. The van der Waals surface area contributed by atoms with Gasteiger partial charge >= 0.3 is 11.9 Å². The minimum absolute atomic E-state index is 0.145. The van der Waals surface area contributed by atoms with Gasteiger partial charge in [0, 0.05) is 13.1 Å². The number of nitrogens with two attached hydrogens (primary N) is 4. The van der Waals surface area contributed by atoms with Crippen molar-refractivity contribution in [2.75, 3.05) is 13.1 Å². The average molecular weight is 324 g/mol. The van der Waals surface area contributed by atoms with Gasteiger partial charge in [-0.3, -0.25) is 9.59 Å². The summed E-state index contributed by atoms with van der Waals surface area (Å²) in [5.74, 6) is -2.09. The Morgan fingerprint density at radius 1 is 0.727 bits per heavy atom. The molecule has 0 aromatic carbocycles. The van der Waals surface area contributed by atoms with Crippen LogP contribution in [0.3, 0.4) is 0 Å². The van der Waals surface area contributed by atoms with Crippen LogP contribution in [0.15, 0.2) is 0 Å². The van der Waals surface area contributed by atoms with Crippen molar-refractivity contribution in [3.63, 3.8) is 0 Å². The summed E-state index contributed by atoms with van der Waals surface area (Å²) in [6, 6.07) is -1.78. The summed E-state index contributed by atoms with van der Waals surface area (Å²) >= 11 is 0. The molecule has 22 heavy (non-hydrogen) atoms. The number of aliphatic hydroxyl groups is 2. The number of aliphatic hydroxyl groups excluding tert-OH is 2. The number of hydrogen-bond acceptors (Lipinski definition) is 8. The van der Waals surface area contributed by atoms with E-state index in [-0.39, 0.29) is 25.9 Å². The van der Waals surface area contributed by atoms with Crippen molar-refractivity contribution < 1.29 is 30.0 Å². The van der Waals surface area contributed by atoms with E-state index in [4.69, 9.17) is 43.4 Å². The highest BCUT2D eigenvalue weighted by atomic mass is 16.4. The van der Waals surface area contributed by atoms with Gasteiger partial charge in [0.2, 0.25) is 0 Å². The summed E-state index contributed by atoms with van der Waals surface area (Å²) in [6.45, 7) is 0.290. The second-order valence-electron chi connectivity index (χ2n) is 4.82. The topological polar surface area (TPSA) is 219 Å². The molecule has 0 aliphatic rings. The number of carbonyl (C=O) groups is 2. The van der Waals surface area contributed by atoms with Crippen LogP contribution in [0.25, 0.3) is 0 Å². The van der Waals surface area contributed by atoms with E-state index in [1.54, 1.807) is 0 Å². The second-order valence-corrected chi connectivity index (χ2v) is 4.82. The van der Waals surface area contributed by atoms with Crippen LogP contribution in [0.1, 0.15) is 25.7 Å². The summed E-state index contributed by atoms with van der Waals surface area (Å²) in [7, 11) is 0. The molecule has 2 unspecified atom stereocenters. The Balaban J connectivity index is 0. The average Bonchev–Trinajstić information content (AvgIpc) is 2.49. The van der Waals surface area contributed by atoms with Crippen LogP contribution in [-0.4, -0.2) is 69.7 Å². The molecule has 132 valence electrons. The molecule has 0 bridgehead atoms. The molecule has 12 N–H and O–H groups in total. The molecular weight excluding hydrogens is 296 g/mol. The highest BCUT2D eigenvalue weighted by molar-refractivity contribution is 5.73. The van der Waals surface area contributed by atoms with Gasteiger partial charge in [0.25, 0.3) is 0 Å². The molecule has 0 aliphatic heterocycles. The SMILES string of the molecule is NCC(O)CCC(N)C(=O)O.NC[C@H](O)CC[C@H](N)C(=O)O. The van der Waals surface area contributed by atoms with E-state index in [1.165, 1.54) is 0 Å². The summed E-state index contributed by atoms with van der Waals surface area (Å²) in [5.41, 5.74) is 20.5. The predicted octanol–water partition coefficient (Wildman–Crippen LogP) is -3.00. The van der Waals surface area contributed by atoms with E-state index in [0.29, 0.717) is 12.8 Å². The lowest BCUT2D eigenvalue weighted by molar-refractivity contribution is -0.139. The zero-order chi connectivity index (χ0) is 17.7. The molecule has 0 saturated heterocycles. The minimum atomic E-state index is -1.05. The molecule has 10 heteroatoms. The fraction of sp³-hybridized carbons (Fsp3) is 0.833. The van der Waals surface area contributed by atoms with Crippen molar-refractivity contribution in [2.24, 2.45) is 22.9 Å². The van der Waals surface area contributed by atoms with Crippen molar-refractivity contribution in [3.8, 4) is 0 Å². The highest BCUT2D eigenvalue weighted by Crippen LogP contribution is 1.99. The fourth-order valence-electron chi connectivity index (χ4n) is 1.23. The summed E-state index contributed by atoms with van der Waals surface area (Å²) in [5, 5.41) is 34.5.